The predicted molar refractivity (Wildman–Crippen MR) is 140 cm³/mol. The third-order valence-corrected chi connectivity index (χ3v) is 7.22. The van der Waals surface area contributed by atoms with Gasteiger partial charge in [-0.15, -0.1) is 0 Å². The highest BCUT2D eigenvalue weighted by Gasteiger charge is 2.42. The maximum atomic E-state index is 13.4. The minimum atomic E-state index is -1.29. The van der Waals surface area contributed by atoms with Crippen molar-refractivity contribution in [2.24, 2.45) is 7.05 Å². The lowest BCUT2D eigenvalue weighted by molar-refractivity contribution is -0.112. The molecule has 0 fully saturated rings. The Morgan fingerprint density at radius 1 is 1.09 bits per heavy atom. The van der Waals surface area contributed by atoms with E-state index in [1.54, 1.807) is 12.3 Å². The molecule has 1 atom stereocenters. The number of imidazole rings is 1. The van der Waals surface area contributed by atoms with Gasteiger partial charge in [0.05, 0.1) is 4.91 Å². The normalized spacial score (nSPS) is 19.0. The summed E-state index contributed by atoms with van der Waals surface area (Å²) in [6.45, 7) is 0. The number of hydrogen-bond acceptors (Lipinski definition) is 5. The van der Waals surface area contributed by atoms with Gasteiger partial charge in [0.15, 0.2) is 10.9 Å². The van der Waals surface area contributed by atoms with E-state index in [4.69, 9.17) is 0 Å². The second-order valence-corrected chi connectivity index (χ2v) is 9.93. The summed E-state index contributed by atoms with van der Waals surface area (Å²) in [5.74, 6) is -0.129. The number of benzene rings is 2. The summed E-state index contributed by atoms with van der Waals surface area (Å²) >= 11 is 1.31. The van der Waals surface area contributed by atoms with Gasteiger partial charge >= 0.3 is 0 Å². The third kappa shape index (κ3) is 5.51. The van der Waals surface area contributed by atoms with E-state index in [9.17, 15) is 9.90 Å². The molecule has 3 aromatic rings. The Balaban J connectivity index is 1.56. The van der Waals surface area contributed by atoms with Crippen LogP contribution < -0.4 is 4.90 Å². The number of hydrogen-bond donors (Lipinski definition) is 1. The molecule has 0 saturated heterocycles. The first kappa shape index (κ1) is 24.0. The molecule has 0 saturated carbocycles. The molecule has 0 radical (unpaired) electrons. The second-order valence-electron chi connectivity index (χ2n) is 8.92. The second kappa shape index (κ2) is 10.5. The van der Waals surface area contributed by atoms with Gasteiger partial charge in [-0.25, -0.2) is 4.98 Å². The van der Waals surface area contributed by atoms with Gasteiger partial charge < -0.3 is 14.6 Å². The molecule has 1 heterocycles. The van der Waals surface area contributed by atoms with Gasteiger partial charge in [0.1, 0.15) is 5.60 Å². The summed E-state index contributed by atoms with van der Waals surface area (Å²) in [4.78, 5) is 20.3. The zero-order valence-corrected chi connectivity index (χ0v) is 20.8. The van der Waals surface area contributed by atoms with E-state index in [1.165, 1.54) is 17.3 Å². The van der Waals surface area contributed by atoms with Crippen LogP contribution in [0.1, 0.15) is 30.4 Å². The van der Waals surface area contributed by atoms with Crippen LogP contribution in [0.15, 0.2) is 88.7 Å². The molecule has 1 aliphatic carbocycles. The van der Waals surface area contributed by atoms with E-state index in [-0.39, 0.29) is 5.78 Å². The van der Waals surface area contributed by atoms with E-state index in [0.717, 1.165) is 35.7 Å². The zero-order valence-electron chi connectivity index (χ0n) is 19.9. The lowest BCUT2D eigenvalue weighted by Crippen LogP contribution is -2.27. The topological polar surface area (TPSA) is 58.4 Å². The lowest BCUT2D eigenvalue weighted by atomic mass is 9.89. The molecule has 0 aliphatic heterocycles. The summed E-state index contributed by atoms with van der Waals surface area (Å²) in [6, 6.07) is 18.4. The summed E-state index contributed by atoms with van der Waals surface area (Å²) in [6.07, 6.45) is 10.3. The van der Waals surface area contributed by atoms with Gasteiger partial charge in [-0.1, -0.05) is 42.5 Å². The molecule has 1 aliphatic rings. The van der Waals surface area contributed by atoms with Gasteiger partial charge in [0, 0.05) is 44.8 Å². The van der Waals surface area contributed by atoms with Crippen molar-refractivity contribution < 1.29 is 9.90 Å². The van der Waals surface area contributed by atoms with E-state index in [0.29, 0.717) is 16.9 Å². The molecular formula is C28H31N3O2S. The molecule has 0 spiro atoms. The molecule has 5 nitrogen and oxygen atoms in total. The van der Waals surface area contributed by atoms with Crippen molar-refractivity contribution in [3.8, 4) is 0 Å². The van der Waals surface area contributed by atoms with Crippen LogP contribution in [0.5, 0.6) is 0 Å². The largest absolute Gasteiger partial charge is 0.381 e. The number of aromatic nitrogens is 2. The number of aryl methyl sites for hydroxylation is 2. The lowest BCUT2D eigenvalue weighted by Gasteiger charge is -2.22. The fourth-order valence-corrected chi connectivity index (χ4v) is 5.09. The van der Waals surface area contributed by atoms with Gasteiger partial charge in [-0.3, -0.25) is 4.79 Å². The fourth-order valence-electron chi connectivity index (χ4n) is 4.11. The Bertz CT molecular complexity index is 1200. The third-order valence-electron chi connectivity index (χ3n) is 6.12. The minimum absolute atomic E-state index is 0.129. The van der Waals surface area contributed by atoms with Crippen LogP contribution in [-0.4, -0.2) is 40.1 Å². The Morgan fingerprint density at radius 3 is 2.47 bits per heavy atom. The van der Waals surface area contributed by atoms with Crippen molar-refractivity contribution in [1.29, 1.82) is 0 Å². The number of aliphatic hydroxyl groups is 1. The quantitative estimate of drug-likeness (QED) is 0.339. The van der Waals surface area contributed by atoms with Crippen LogP contribution >= 0.6 is 11.8 Å². The number of ketones is 1. The number of unbranched alkanes of at least 4 members (excludes halogenated alkanes) is 1. The Kier molecular flexibility index (Phi) is 7.39. The monoisotopic (exact) mass is 473 g/mol. The van der Waals surface area contributed by atoms with E-state index in [2.05, 4.69) is 17.1 Å². The number of nitrogens with zero attached hydrogens (tertiary/aromatic N) is 3. The molecule has 1 unspecified atom stereocenters. The maximum Gasteiger partial charge on any atom is 0.198 e. The summed E-state index contributed by atoms with van der Waals surface area (Å²) in [7, 11) is 5.88. The average Bonchev–Trinajstić information content (AvgIpc) is 3.34. The minimum Gasteiger partial charge on any atom is -0.381 e. The van der Waals surface area contributed by atoms with Gasteiger partial charge in [-0.2, -0.15) is 0 Å². The van der Waals surface area contributed by atoms with E-state index < -0.39 is 5.60 Å². The first-order valence-corrected chi connectivity index (χ1v) is 12.4. The predicted octanol–water partition coefficient (Wildman–Crippen LogP) is 5.27. The van der Waals surface area contributed by atoms with Crippen molar-refractivity contribution in [3.63, 3.8) is 0 Å². The number of allylic oxidation sites excluding steroid dienone is 1. The Hall–Kier alpha value is -3.09. The fraction of sp³-hybridized carbons (Fsp3) is 0.286. The van der Waals surface area contributed by atoms with Crippen LogP contribution in [0.25, 0.3) is 6.08 Å². The summed E-state index contributed by atoms with van der Waals surface area (Å²) in [5.41, 5.74) is 2.41. The molecule has 4 rings (SSSR count). The van der Waals surface area contributed by atoms with Crippen LogP contribution in [0.3, 0.4) is 0 Å². The molecule has 0 bridgehead atoms. The number of rotatable bonds is 9. The number of carbonyl (C=O) groups is 1. The molecule has 176 valence electrons. The SMILES string of the molecule is CN(C)c1ccc(/C=C2/C(=O)C(Sc3nccn3C)=CC2(O)CCCCc2ccccc2)cc1. The molecule has 2 aromatic carbocycles. The van der Waals surface area contributed by atoms with Crippen LogP contribution in [0.4, 0.5) is 5.69 Å². The molecule has 0 amide bonds. The number of Topliss-reactive ketones (excluding diaryl/α,β-unsaturated/α-hetero) is 1. The van der Waals surface area contributed by atoms with Crippen LogP contribution in [-0.2, 0) is 18.3 Å². The smallest absolute Gasteiger partial charge is 0.198 e. The van der Waals surface area contributed by atoms with Crippen LogP contribution in [0.2, 0.25) is 0 Å². The van der Waals surface area contributed by atoms with E-state index in [1.807, 2.05) is 85.3 Å². The van der Waals surface area contributed by atoms with Crippen LogP contribution in [0, 0.1) is 0 Å². The van der Waals surface area contributed by atoms with Gasteiger partial charge in [0.25, 0.3) is 0 Å². The molecule has 6 heteroatoms. The van der Waals surface area contributed by atoms with Crippen molar-refractivity contribution >= 4 is 29.3 Å². The first-order valence-electron chi connectivity index (χ1n) is 11.5. The number of anilines is 1. The van der Waals surface area contributed by atoms with Crippen molar-refractivity contribution in [2.75, 3.05) is 19.0 Å². The van der Waals surface area contributed by atoms with Gasteiger partial charge in [-0.05, 0) is 72.9 Å². The number of thioether (sulfide) groups is 1. The van der Waals surface area contributed by atoms with Crippen molar-refractivity contribution in [1.82, 2.24) is 9.55 Å². The first-order chi connectivity index (χ1) is 16.4. The molecule has 1 N–H and O–H groups in total. The zero-order chi connectivity index (χ0) is 24.1. The number of carbonyl (C=O) groups excluding carboxylic acids is 1. The van der Waals surface area contributed by atoms with E-state index >= 15 is 0 Å². The highest BCUT2D eigenvalue weighted by atomic mass is 32.2. The average molecular weight is 474 g/mol. The Labute approximate surface area is 205 Å². The highest BCUT2D eigenvalue weighted by Crippen LogP contribution is 2.42. The van der Waals surface area contributed by atoms with Crippen molar-refractivity contribution in [3.05, 3.63) is 94.7 Å². The maximum absolute atomic E-state index is 13.4. The van der Waals surface area contributed by atoms with Crippen molar-refractivity contribution in [2.45, 2.75) is 36.4 Å². The molecule has 34 heavy (non-hydrogen) atoms. The standard InChI is InChI=1S/C28H31N3O2S/c1-30(2)23-14-12-22(13-15-23)19-24-26(32)25(34-27-29-17-18-31(27)3)20-28(24,33)16-8-7-11-21-9-5-4-6-10-21/h4-6,9-10,12-15,17-20,33H,7-8,11,16H2,1-3H3/b24-19-. The summed E-state index contributed by atoms with van der Waals surface area (Å²) < 4.78 is 1.87. The molecular weight excluding hydrogens is 442 g/mol. The van der Waals surface area contributed by atoms with Gasteiger partial charge in [0.2, 0.25) is 0 Å². The summed E-state index contributed by atoms with van der Waals surface area (Å²) in [5, 5.41) is 12.4. The highest BCUT2D eigenvalue weighted by molar-refractivity contribution is 8.03. The Morgan fingerprint density at radius 2 is 1.82 bits per heavy atom. The molecule has 1 aromatic heterocycles.